The fraction of sp³-hybridized carbons (Fsp3) is 0.562. The van der Waals surface area contributed by atoms with E-state index in [1.54, 1.807) is 0 Å². The Morgan fingerprint density at radius 2 is 2.21 bits per heavy atom. The first-order chi connectivity index (χ1) is 9.31. The van der Waals surface area contributed by atoms with Gasteiger partial charge < -0.3 is 10.1 Å². The fourth-order valence-electron chi connectivity index (χ4n) is 2.57. The van der Waals surface area contributed by atoms with Gasteiger partial charge in [-0.15, -0.1) is 0 Å². The second-order valence-corrected chi connectivity index (χ2v) is 5.13. The highest BCUT2D eigenvalue weighted by Crippen LogP contribution is 2.21. The van der Waals surface area contributed by atoms with Gasteiger partial charge in [0.2, 0.25) is 5.91 Å². The molecule has 1 saturated heterocycles. The van der Waals surface area contributed by atoms with E-state index in [-0.39, 0.29) is 17.9 Å². The van der Waals surface area contributed by atoms with Crippen LogP contribution in [0.25, 0.3) is 0 Å². The van der Waals surface area contributed by atoms with Crippen LogP contribution in [0.3, 0.4) is 0 Å². The average Bonchev–Trinajstić information content (AvgIpc) is 2.96. The molecule has 0 saturated carbocycles. The lowest BCUT2D eigenvalue weighted by molar-refractivity contribution is -0.123. The number of hydrogen-bond donors (Lipinski definition) is 1. The van der Waals surface area contributed by atoms with Gasteiger partial charge in [0.15, 0.2) is 0 Å². The van der Waals surface area contributed by atoms with Crippen molar-refractivity contribution in [2.45, 2.75) is 44.6 Å². The molecular weight excluding hydrogens is 238 g/mol. The van der Waals surface area contributed by atoms with Crippen molar-refractivity contribution in [2.24, 2.45) is 0 Å². The zero-order valence-electron chi connectivity index (χ0n) is 11.6. The van der Waals surface area contributed by atoms with Gasteiger partial charge in [0.1, 0.15) is 0 Å². The van der Waals surface area contributed by atoms with Crippen LogP contribution in [-0.4, -0.2) is 25.2 Å². The van der Waals surface area contributed by atoms with Crippen molar-refractivity contribution in [1.29, 1.82) is 0 Å². The second kappa shape index (κ2) is 7.29. The highest BCUT2D eigenvalue weighted by molar-refractivity contribution is 5.83. The van der Waals surface area contributed by atoms with E-state index in [0.29, 0.717) is 6.54 Å². The first kappa shape index (κ1) is 14.1. The zero-order valence-corrected chi connectivity index (χ0v) is 11.6. The Labute approximate surface area is 115 Å². The topological polar surface area (TPSA) is 38.3 Å². The molecule has 0 spiro atoms. The maximum absolute atomic E-state index is 12.3. The Bertz CT molecular complexity index is 385. The number of amides is 1. The second-order valence-electron chi connectivity index (χ2n) is 5.13. The van der Waals surface area contributed by atoms with Crippen molar-refractivity contribution in [2.75, 3.05) is 13.2 Å². The lowest BCUT2D eigenvalue weighted by Crippen LogP contribution is -2.35. The maximum atomic E-state index is 12.3. The van der Waals surface area contributed by atoms with E-state index in [0.717, 1.165) is 37.9 Å². The molecule has 19 heavy (non-hydrogen) atoms. The Hall–Kier alpha value is -1.35. The largest absolute Gasteiger partial charge is 0.376 e. The SMILES string of the molecule is CCC[C@H](C(=O)NC[C@@H]1CCCO1)c1ccccc1. The maximum Gasteiger partial charge on any atom is 0.227 e. The lowest BCUT2D eigenvalue weighted by Gasteiger charge is -2.18. The summed E-state index contributed by atoms with van der Waals surface area (Å²) in [6.07, 6.45) is 4.28. The minimum absolute atomic E-state index is 0.0346. The third kappa shape index (κ3) is 4.06. The van der Waals surface area contributed by atoms with E-state index in [9.17, 15) is 4.79 Å². The molecule has 0 bridgehead atoms. The van der Waals surface area contributed by atoms with E-state index in [1.807, 2.05) is 30.3 Å². The molecule has 0 aromatic heterocycles. The van der Waals surface area contributed by atoms with E-state index < -0.39 is 0 Å². The van der Waals surface area contributed by atoms with Gasteiger partial charge in [0.05, 0.1) is 12.0 Å². The van der Waals surface area contributed by atoms with Gasteiger partial charge in [-0.2, -0.15) is 0 Å². The van der Waals surface area contributed by atoms with Crippen molar-refractivity contribution in [1.82, 2.24) is 5.32 Å². The quantitative estimate of drug-likeness (QED) is 0.855. The minimum atomic E-state index is -0.0346. The predicted molar refractivity (Wildman–Crippen MR) is 76.1 cm³/mol. The summed E-state index contributed by atoms with van der Waals surface area (Å²) >= 11 is 0. The first-order valence-electron chi connectivity index (χ1n) is 7.25. The molecule has 1 aromatic carbocycles. The van der Waals surface area contributed by atoms with E-state index in [2.05, 4.69) is 12.2 Å². The summed E-state index contributed by atoms with van der Waals surface area (Å²) in [5.41, 5.74) is 1.11. The van der Waals surface area contributed by atoms with Crippen LogP contribution in [0.2, 0.25) is 0 Å². The molecule has 0 radical (unpaired) electrons. The van der Waals surface area contributed by atoms with Crippen LogP contribution in [0, 0.1) is 0 Å². The van der Waals surface area contributed by atoms with Crippen molar-refractivity contribution < 1.29 is 9.53 Å². The van der Waals surface area contributed by atoms with Crippen LogP contribution in [0.1, 0.15) is 44.1 Å². The summed E-state index contributed by atoms with van der Waals surface area (Å²) in [6, 6.07) is 10.0. The van der Waals surface area contributed by atoms with E-state index in [4.69, 9.17) is 4.74 Å². The zero-order chi connectivity index (χ0) is 13.5. The molecule has 1 heterocycles. The Morgan fingerprint density at radius 1 is 1.42 bits per heavy atom. The summed E-state index contributed by atoms with van der Waals surface area (Å²) in [7, 11) is 0. The summed E-state index contributed by atoms with van der Waals surface area (Å²) in [5.74, 6) is 0.0937. The molecule has 1 aliphatic heterocycles. The van der Waals surface area contributed by atoms with Gasteiger partial charge in [0, 0.05) is 13.2 Å². The first-order valence-corrected chi connectivity index (χ1v) is 7.25. The van der Waals surface area contributed by atoms with Crippen LogP contribution in [0.15, 0.2) is 30.3 Å². The Kier molecular flexibility index (Phi) is 5.40. The van der Waals surface area contributed by atoms with Crippen molar-refractivity contribution >= 4 is 5.91 Å². The van der Waals surface area contributed by atoms with Crippen molar-refractivity contribution in [3.63, 3.8) is 0 Å². The molecule has 3 nitrogen and oxygen atoms in total. The minimum Gasteiger partial charge on any atom is -0.376 e. The fourth-order valence-corrected chi connectivity index (χ4v) is 2.57. The van der Waals surface area contributed by atoms with Crippen LogP contribution < -0.4 is 5.32 Å². The molecule has 2 atom stereocenters. The van der Waals surface area contributed by atoms with Crippen molar-refractivity contribution in [3.8, 4) is 0 Å². The smallest absolute Gasteiger partial charge is 0.227 e. The molecular formula is C16H23NO2. The number of carbonyl (C=O) groups excluding carboxylic acids is 1. The Balaban J connectivity index is 1.92. The van der Waals surface area contributed by atoms with Crippen molar-refractivity contribution in [3.05, 3.63) is 35.9 Å². The number of rotatable bonds is 6. The number of nitrogens with one attached hydrogen (secondary N) is 1. The molecule has 1 aromatic rings. The lowest BCUT2D eigenvalue weighted by atomic mass is 9.93. The van der Waals surface area contributed by atoms with Gasteiger partial charge in [-0.1, -0.05) is 43.7 Å². The molecule has 0 aliphatic carbocycles. The molecule has 104 valence electrons. The average molecular weight is 261 g/mol. The number of hydrogen-bond acceptors (Lipinski definition) is 2. The van der Waals surface area contributed by atoms with Crippen LogP contribution in [-0.2, 0) is 9.53 Å². The molecule has 1 N–H and O–H groups in total. The van der Waals surface area contributed by atoms with Crippen LogP contribution in [0.4, 0.5) is 0 Å². The van der Waals surface area contributed by atoms with E-state index in [1.165, 1.54) is 0 Å². The number of benzene rings is 1. The monoisotopic (exact) mass is 261 g/mol. The van der Waals surface area contributed by atoms with Gasteiger partial charge in [0.25, 0.3) is 0 Å². The third-order valence-corrected chi connectivity index (χ3v) is 3.62. The Morgan fingerprint density at radius 3 is 2.84 bits per heavy atom. The molecule has 0 unspecified atom stereocenters. The molecule has 2 rings (SSSR count). The molecule has 1 amide bonds. The summed E-state index contributed by atoms with van der Waals surface area (Å²) < 4.78 is 5.53. The van der Waals surface area contributed by atoms with E-state index >= 15 is 0 Å². The highest BCUT2D eigenvalue weighted by atomic mass is 16.5. The standard InChI is InChI=1S/C16H23NO2/c1-2-7-15(13-8-4-3-5-9-13)16(18)17-12-14-10-6-11-19-14/h3-5,8-9,14-15H,2,6-7,10-12H2,1H3,(H,17,18)/t14-,15-/m0/s1. The van der Waals surface area contributed by atoms with Crippen LogP contribution in [0.5, 0.6) is 0 Å². The molecule has 1 fully saturated rings. The van der Waals surface area contributed by atoms with Crippen LogP contribution >= 0.6 is 0 Å². The predicted octanol–water partition coefficient (Wildman–Crippen LogP) is 2.87. The van der Waals surface area contributed by atoms with Gasteiger partial charge in [-0.25, -0.2) is 0 Å². The normalized spacial score (nSPS) is 20.2. The van der Waals surface area contributed by atoms with Gasteiger partial charge in [-0.05, 0) is 24.8 Å². The highest BCUT2D eigenvalue weighted by Gasteiger charge is 2.21. The number of ether oxygens (including phenoxy) is 1. The third-order valence-electron chi connectivity index (χ3n) is 3.62. The summed E-state index contributed by atoms with van der Waals surface area (Å²) in [5, 5.41) is 3.04. The molecule has 1 aliphatic rings. The molecule has 3 heteroatoms. The summed E-state index contributed by atoms with van der Waals surface area (Å²) in [6.45, 7) is 3.59. The number of carbonyl (C=O) groups is 1. The van der Waals surface area contributed by atoms with Gasteiger partial charge in [-0.3, -0.25) is 4.79 Å². The van der Waals surface area contributed by atoms with Gasteiger partial charge >= 0.3 is 0 Å². The summed E-state index contributed by atoms with van der Waals surface area (Å²) in [4.78, 5) is 12.3.